The first-order chi connectivity index (χ1) is 13.7. The van der Waals surface area contributed by atoms with Crippen LogP contribution in [0.3, 0.4) is 0 Å². The van der Waals surface area contributed by atoms with Crippen molar-refractivity contribution < 1.29 is 23.7 Å². The highest BCUT2D eigenvalue weighted by molar-refractivity contribution is 5.75. The first kappa shape index (κ1) is 21.1. The highest BCUT2D eigenvalue weighted by Crippen LogP contribution is 2.41. The number of nitrogens with zero attached hydrogens (tertiary/aromatic N) is 3. The number of azide groups is 1. The number of H-pyrrole nitrogens is 2. The van der Waals surface area contributed by atoms with Gasteiger partial charge in [0, 0.05) is 18.2 Å². The lowest BCUT2D eigenvalue weighted by Crippen LogP contribution is -2.54. The molecule has 1 unspecified atom stereocenters. The standard InChI is InChI=1S/C17H23N5O7/c1-17(2,3)15(24)29-13-10(7-5-19-16(25)20-14(7)23)28-11-9(21-22-18)8(26-4)6-27-12(11)13/h5,8-13H,6H2,1-4H3,(H2,19,20,23,25)/t8-,9+,10-,11+,12+,13?/m0/s1. The van der Waals surface area contributed by atoms with E-state index in [1.807, 2.05) is 0 Å². The molecule has 3 rings (SSSR count). The van der Waals surface area contributed by atoms with Gasteiger partial charge in [0.05, 0.1) is 35.8 Å². The molecular formula is C17H23N5O7. The molecule has 0 bridgehead atoms. The monoisotopic (exact) mass is 409 g/mol. The molecule has 0 radical (unpaired) electrons. The summed E-state index contributed by atoms with van der Waals surface area (Å²) in [5.74, 6) is -0.518. The van der Waals surface area contributed by atoms with Crippen LogP contribution in [-0.2, 0) is 23.7 Å². The third kappa shape index (κ3) is 4.06. The minimum absolute atomic E-state index is 0.0583. The van der Waals surface area contributed by atoms with Crippen molar-refractivity contribution in [2.24, 2.45) is 10.5 Å². The lowest BCUT2D eigenvalue weighted by molar-refractivity contribution is -0.172. The van der Waals surface area contributed by atoms with Crippen LogP contribution >= 0.6 is 0 Å². The van der Waals surface area contributed by atoms with E-state index < -0.39 is 59.2 Å². The number of esters is 1. The van der Waals surface area contributed by atoms with Gasteiger partial charge in [0.15, 0.2) is 6.10 Å². The number of aromatic amines is 2. The second kappa shape index (κ2) is 7.99. The smallest absolute Gasteiger partial charge is 0.325 e. The maximum absolute atomic E-state index is 12.6. The van der Waals surface area contributed by atoms with Crippen molar-refractivity contribution in [3.63, 3.8) is 0 Å². The number of hydrogen-bond acceptors (Lipinski definition) is 8. The molecule has 0 saturated carbocycles. The van der Waals surface area contributed by atoms with Gasteiger partial charge in [-0.05, 0) is 26.3 Å². The molecule has 2 aliphatic heterocycles. The van der Waals surface area contributed by atoms with Gasteiger partial charge in [-0.25, -0.2) is 4.79 Å². The fraction of sp³-hybridized carbons (Fsp3) is 0.706. The van der Waals surface area contributed by atoms with Crippen LogP contribution in [0, 0.1) is 5.41 Å². The van der Waals surface area contributed by atoms with Crippen molar-refractivity contribution in [1.82, 2.24) is 9.97 Å². The molecule has 0 amide bonds. The number of aromatic nitrogens is 2. The molecule has 29 heavy (non-hydrogen) atoms. The summed E-state index contributed by atoms with van der Waals surface area (Å²) in [5, 5.41) is 3.77. The zero-order valence-electron chi connectivity index (χ0n) is 16.4. The number of carbonyl (C=O) groups is 1. The number of nitrogens with one attached hydrogen (secondary N) is 2. The Hall–Kier alpha value is -2.66. The van der Waals surface area contributed by atoms with E-state index in [4.69, 9.17) is 24.5 Å². The summed E-state index contributed by atoms with van der Waals surface area (Å²) >= 11 is 0. The van der Waals surface area contributed by atoms with Gasteiger partial charge in [0.1, 0.15) is 12.2 Å². The van der Waals surface area contributed by atoms with Crippen molar-refractivity contribution in [3.8, 4) is 0 Å². The lowest BCUT2D eigenvalue weighted by Gasteiger charge is -2.36. The number of methoxy groups -OCH3 is 1. The zero-order chi connectivity index (χ0) is 21.3. The van der Waals surface area contributed by atoms with E-state index in [0.29, 0.717) is 0 Å². The van der Waals surface area contributed by atoms with Gasteiger partial charge in [0.2, 0.25) is 0 Å². The molecular weight excluding hydrogens is 386 g/mol. The number of fused-ring (bicyclic) bond motifs is 1. The molecule has 12 heteroatoms. The maximum Gasteiger partial charge on any atom is 0.325 e. The molecule has 2 aliphatic rings. The second-order valence-electron chi connectivity index (χ2n) is 7.94. The Labute approximate surface area is 165 Å². The number of carbonyl (C=O) groups excluding carboxylic acids is 1. The molecule has 1 aromatic heterocycles. The van der Waals surface area contributed by atoms with Gasteiger partial charge in [-0.1, -0.05) is 5.11 Å². The molecule has 2 fully saturated rings. The Kier molecular flexibility index (Phi) is 5.80. The summed E-state index contributed by atoms with van der Waals surface area (Å²) < 4.78 is 22.8. The van der Waals surface area contributed by atoms with E-state index in [-0.39, 0.29) is 12.2 Å². The van der Waals surface area contributed by atoms with Gasteiger partial charge in [-0.3, -0.25) is 14.6 Å². The van der Waals surface area contributed by atoms with Gasteiger partial charge in [-0.15, -0.1) is 0 Å². The molecule has 0 aliphatic carbocycles. The van der Waals surface area contributed by atoms with Crippen molar-refractivity contribution in [1.29, 1.82) is 0 Å². The topological polar surface area (TPSA) is 168 Å². The van der Waals surface area contributed by atoms with Gasteiger partial charge in [-0.2, -0.15) is 0 Å². The van der Waals surface area contributed by atoms with E-state index in [1.54, 1.807) is 20.8 Å². The van der Waals surface area contributed by atoms with Crippen LogP contribution in [0.4, 0.5) is 0 Å². The van der Waals surface area contributed by atoms with Gasteiger partial charge >= 0.3 is 11.7 Å². The molecule has 2 N–H and O–H groups in total. The predicted octanol–water partition coefficient (Wildman–Crippen LogP) is 0.554. The molecule has 2 saturated heterocycles. The number of ether oxygens (including phenoxy) is 4. The Morgan fingerprint density at radius 1 is 1.34 bits per heavy atom. The first-order valence-corrected chi connectivity index (χ1v) is 9.04. The average molecular weight is 409 g/mol. The van der Waals surface area contributed by atoms with Crippen molar-refractivity contribution in [2.75, 3.05) is 13.7 Å². The normalized spacial score (nSPS) is 31.6. The van der Waals surface area contributed by atoms with Crippen LogP contribution < -0.4 is 11.2 Å². The minimum Gasteiger partial charge on any atom is -0.456 e. The Morgan fingerprint density at radius 2 is 2.07 bits per heavy atom. The summed E-state index contributed by atoms with van der Waals surface area (Å²) in [5.41, 5.74) is 6.84. The summed E-state index contributed by atoms with van der Waals surface area (Å²) in [6, 6.07) is -0.758. The largest absolute Gasteiger partial charge is 0.456 e. The molecule has 12 nitrogen and oxygen atoms in total. The van der Waals surface area contributed by atoms with Crippen molar-refractivity contribution >= 4 is 5.97 Å². The summed E-state index contributed by atoms with van der Waals surface area (Å²) in [4.78, 5) is 43.6. The predicted molar refractivity (Wildman–Crippen MR) is 98.1 cm³/mol. The Balaban J connectivity index is 2.03. The first-order valence-electron chi connectivity index (χ1n) is 9.04. The van der Waals surface area contributed by atoms with Crippen LogP contribution in [0.2, 0.25) is 0 Å². The second-order valence-corrected chi connectivity index (χ2v) is 7.94. The zero-order valence-corrected chi connectivity index (χ0v) is 16.4. The van der Waals surface area contributed by atoms with E-state index in [2.05, 4.69) is 20.0 Å². The van der Waals surface area contributed by atoms with E-state index in [0.717, 1.165) is 0 Å². The van der Waals surface area contributed by atoms with Crippen LogP contribution in [0.1, 0.15) is 32.4 Å². The van der Waals surface area contributed by atoms with Crippen molar-refractivity contribution in [2.45, 2.75) is 57.3 Å². The molecule has 1 aromatic rings. The average Bonchev–Trinajstić information content (AvgIpc) is 3.00. The fourth-order valence-corrected chi connectivity index (χ4v) is 3.38. The summed E-state index contributed by atoms with van der Waals surface area (Å²) in [6.45, 7) is 5.16. The SMILES string of the molecule is CO[C@H]1CO[C@H]2C(OC(=O)C(C)(C)C)[C@H](c3c[nH]c(=O)[nH]c3=O)O[C@@H]2[C@@H]1N=[N+]=[N-]. The van der Waals surface area contributed by atoms with Crippen LogP contribution in [0.15, 0.2) is 20.9 Å². The van der Waals surface area contributed by atoms with Gasteiger partial charge < -0.3 is 23.9 Å². The van der Waals surface area contributed by atoms with E-state index in [1.165, 1.54) is 13.3 Å². The fourth-order valence-electron chi connectivity index (χ4n) is 3.38. The summed E-state index contributed by atoms with van der Waals surface area (Å²) in [7, 11) is 1.45. The summed E-state index contributed by atoms with van der Waals surface area (Å²) in [6.07, 6.45) is -3.01. The van der Waals surface area contributed by atoms with Crippen LogP contribution in [0.5, 0.6) is 0 Å². The molecule has 158 valence electrons. The number of hydrogen-bond donors (Lipinski definition) is 2. The maximum atomic E-state index is 12.6. The highest BCUT2D eigenvalue weighted by Gasteiger charge is 2.56. The molecule has 6 atom stereocenters. The Bertz CT molecular complexity index is 929. The van der Waals surface area contributed by atoms with Gasteiger partial charge in [0.25, 0.3) is 5.56 Å². The minimum atomic E-state index is -1.04. The highest BCUT2D eigenvalue weighted by atomic mass is 16.6. The third-order valence-corrected chi connectivity index (χ3v) is 4.92. The van der Waals surface area contributed by atoms with E-state index >= 15 is 0 Å². The van der Waals surface area contributed by atoms with Crippen LogP contribution in [0.25, 0.3) is 10.4 Å². The third-order valence-electron chi connectivity index (χ3n) is 4.92. The quantitative estimate of drug-likeness (QED) is 0.317. The molecule has 0 spiro atoms. The lowest BCUT2D eigenvalue weighted by atomic mass is 9.93. The number of rotatable bonds is 4. The molecule has 3 heterocycles. The van der Waals surface area contributed by atoms with Crippen molar-refractivity contribution in [3.05, 3.63) is 43.0 Å². The van der Waals surface area contributed by atoms with E-state index in [9.17, 15) is 14.4 Å². The Morgan fingerprint density at radius 3 is 2.66 bits per heavy atom. The van der Waals surface area contributed by atoms with Crippen LogP contribution in [-0.4, -0.2) is 60.1 Å². The molecule has 0 aromatic carbocycles.